The number of aliphatic hydroxyl groups excluding tert-OH is 1. The lowest BCUT2D eigenvalue weighted by molar-refractivity contribution is 0.192. The number of ether oxygens (including phenoxy) is 1. The van der Waals surface area contributed by atoms with Gasteiger partial charge >= 0.3 is 0 Å². The smallest absolute Gasteiger partial charge is 0.138 e. The maximum absolute atomic E-state index is 10.4. The molecule has 21 heavy (non-hydrogen) atoms. The lowest BCUT2D eigenvalue weighted by atomic mass is 10.1. The number of aliphatic hydroxyl groups is 1. The maximum atomic E-state index is 10.4. The Kier molecular flexibility index (Phi) is 3.67. The average molecular weight is 282 g/mol. The molecule has 1 N–H and O–H groups in total. The first kappa shape index (κ1) is 13.7. The third-order valence-electron chi connectivity index (χ3n) is 3.47. The molecule has 3 heteroatoms. The molecule has 0 saturated heterocycles. The molecule has 0 radical (unpaired) electrons. The van der Waals surface area contributed by atoms with Crippen molar-refractivity contribution in [1.29, 1.82) is 0 Å². The Bertz CT molecular complexity index is 741. The molecule has 0 aliphatic rings. The third kappa shape index (κ3) is 2.78. The lowest BCUT2D eigenvalue weighted by Crippen LogP contribution is -1.98. The van der Waals surface area contributed by atoms with Gasteiger partial charge in [-0.2, -0.15) is 0 Å². The van der Waals surface area contributed by atoms with E-state index in [2.05, 4.69) is 0 Å². The zero-order chi connectivity index (χ0) is 14.8. The number of hydrogen-bond donors (Lipinski definition) is 1. The summed E-state index contributed by atoms with van der Waals surface area (Å²) >= 11 is 0. The fraction of sp³-hybridized carbons (Fsp3) is 0.222. The van der Waals surface area contributed by atoms with Gasteiger partial charge in [-0.3, -0.25) is 0 Å². The van der Waals surface area contributed by atoms with Crippen LogP contribution in [-0.4, -0.2) is 11.7 Å². The highest BCUT2D eigenvalue weighted by Gasteiger charge is 2.15. The molecular formula is C18H18O3. The number of hydrogen-bond acceptors (Lipinski definition) is 3. The van der Waals surface area contributed by atoms with Gasteiger partial charge in [0.05, 0.1) is 6.61 Å². The van der Waals surface area contributed by atoms with Crippen LogP contribution < -0.4 is 4.74 Å². The summed E-state index contributed by atoms with van der Waals surface area (Å²) in [5, 5.41) is 11.5. The molecule has 1 aromatic heterocycles. The van der Waals surface area contributed by atoms with Gasteiger partial charge in [0, 0.05) is 5.39 Å². The van der Waals surface area contributed by atoms with E-state index in [1.807, 2.05) is 62.4 Å². The normalized spacial score (nSPS) is 12.5. The summed E-state index contributed by atoms with van der Waals surface area (Å²) in [5.41, 5.74) is 2.75. The van der Waals surface area contributed by atoms with E-state index in [9.17, 15) is 5.11 Å². The zero-order valence-corrected chi connectivity index (χ0v) is 12.2. The van der Waals surface area contributed by atoms with Crippen molar-refractivity contribution in [3.63, 3.8) is 0 Å². The van der Waals surface area contributed by atoms with Crippen LogP contribution in [0.4, 0.5) is 0 Å². The molecule has 2 aromatic carbocycles. The highest BCUT2D eigenvalue weighted by atomic mass is 16.5. The zero-order valence-electron chi connectivity index (χ0n) is 12.2. The molecule has 3 nitrogen and oxygen atoms in total. The summed E-state index contributed by atoms with van der Waals surface area (Å²) in [6.07, 6.45) is -0.770. The van der Waals surface area contributed by atoms with Crippen molar-refractivity contribution in [2.45, 2.75) is 20.0 Å². The maximum Gasteiger partial charge on any atom is 0.138 e. The van der Waals surface area contributed by atoms with E-state index in [0.717, 1.165) is 22.3 Å². The van der Waals surface area contributed by atoms with Crippen LogP contribution in [0.1, 0.15) is 29.9 Å². The number of rotatable bonds is 4. The SMILES string of the molecule is CCOc1ccc(C(O)c2cc3cc(C)ccc3o2)cc1. The Morgan fingerprint density at radius 1 is 1.10 bits per heavy atom. The van der Waals surface area contributed by atoms with Crippen molar-refractivity contribution in [3.05, 3.63) is 65.4 Å². The van der Waals surface area contributed by atoms with E-state index in [-0.39, 0.29) is 0 Å². The number of fused-ring (bicyclic) bond motifs is 1. The molecule has 0 spiro atoms. The summed E-state index contributed by atoms with van der Waals surface area (Å²) in [6.45, 7) is 4.61. The average Bonchev–Trinajstić information content (AvgIpc) is 2.90. The minimum absolute atomic E-state index is 0.555. The molecular weight excluding hydrogens is 264 g/mol. The number of aryl methyl sites for hydroxylation is 1. The Morgan fingerprint density at radius 2 is 1.86 bits per heavy atom. The highest BCUT2D eigenvalue weighted by molar-refractivity contribution is 5.78. The second-order valence-corrected chi connectivity index (χ2v) is 5.09. The van der Waals surface area contributed by atoms with Crippen LogP contribution in [-0.2, 0) is 0 Å². The Labute approximate surface area is 123 Å². The second-order valence-electron chi connectivity index (χ2n) is 5.09. The van der Waals surface area contributed by atoms with Crippen LogP contribution in [0.3, 0.4) is 0 Å². The van der Waals surface area contributed by atoms with Gasteiger partial charge in [-0.1, -0.05) is 23.8 Å². The summed E-state index contributed by atoms with van der Waals surface area (Å²) in [7, 11) is 0. The summed E-state index contributed by atoms with van der Waals surface area (Å²) < 4.78 is 11.1. The van der Waals surface area contributed by atoms with Crippen LogP contribution in [0.5, 0.6) is 5.75 Å². The topological polar surface area (TPSA) is 42.6 Å². The summed E-state index contributed by atoms with van der Waals surface area (Å²) in [6, 6.07) is 15.3. The van der Waals surface area contributed by atoms with E-state index in [0.29, 0.717) is 12.4 Å². The van der Waals surface area contributed by atoms with Crippen molar-refractivity contribution in [2.75, 3.05) is 6.61 Å². The van der Waals surface area contributed by atoms with Crippen LogP contribution in [0.15, 0.2) is 52.9 Å². The van der Waals surface area contributed by atoms with E-state index in [1.165, 1.54) is 5.56 Å². The molecule has 0 fully saturated rings. The minimum Gasteiger partial charge on any atom is -0.494 e. The first-order valence-corrected chi connectivity index (χ1v) is 7.08. The molecule has 0 aliphatic heterocycles. The van der Waals surface area contributed by atoms with Crippen molar-refractivity contribution < 1.29 is 14.3 Å². The predicted octanol–water partition coefficient (Wildman–Crippen LogP) is 4.22. The quantitative estimate of drug-likeness (QED) is 0.779. The molecule has 1 unspecified atom stereocenters. The van der Waals surface area contributed by atoms with Crippen LogP contribution >= 0.6 is 0 Å². The fourth-order valence-electron chi connectivity index (χ4n) is 2.40. The minimum atomic E-state index is -0.770. The van der Waals surface area contributed by atoms with E-state index >= 15 is 0 Å². The Hall–Kier alpha value is -2.26. The monoisotopic (exact) mass is 282 g/mol. The fourth-order valence-corrected chi connectivity index (χ4v) is 2.40. The molecule has 1 heterocycles. The van der Waals surface area contributed by atoms with Gasteiger partial charge in [0.1, 0.15) is 23.2 Å². The molecule has 108 valence electrons. The van der Waals surface area contributed by atoms with Crippen LogP contribution in [0, 0.1) is 6.92 Å². The molecule has 1 atom stereocenters. The molecule has 3 rings (SSSR count). The molecule has 3 aromatic rings. The number of benzene rings is 2. The first-order chi connectivity index (χ1) is 10.2. The van der Waals surface area contributed by atoms with Crippen molar-refractivity contribution in [2.24, 2.45) is 0 Å². The summed E-state index contributed by atoms with van der Waals surface area (Å²) in [4.78, 5) is 0. The molecule has 0 amide bonds. The van der Waals surface area contributed by atoms with Gasteiger partial charge in [-0.05, 0) is 49.7 Å². The van der Waals surface area contributed by atoms with Crippen LogP contribution in [0.25, 0.3) is 11.0 Å². The van der Waals surface area contributed by atoms with Gasteiger partial charge in [0.15, 0.2) is 0 Å². The standard InChI is InChI=1S/C18H18O3/c1-3-20-15-7-5-13(6-8-15)18(19)17-11-14-10-12(2)4-9-16(14)21-17/h4-11,18-19H,3H2,1-2H3. The van der Waals surface area contributed by atoms with Gasteiger partial charge < -0.3 is 14.3 Å². The third-order valence-corrected chi connectivity index (χ3v) is 3.47. The molecule has 0 aliphatic carbocycles. The van der Waals surface area contributed by atoms with Crippen molar-refractivity contribution in [3.8, 4) is 5.75 Å². The number of furan rings is 1. The van der Waals surface area contributed by atoms with Gasteiger partial charge in [0.25, 0.3) is 0 Å². The Balaban J connectivity index is 1.90. The van der Waals surface area contributed by atoms with E-state index in [4.69, 9.17) is 9.15 Å². The molecule has 0 bridgehead atoms. The van der Waals surface area contributed by atoms with Crippen molar-refractivity contribution in [1.82, 2.24) is 0 Å². The lowest BCUT2D eigenvalue weighted by Gasteiger charge is -2.09. The second kappa shape index (κ2) is 5.62. The predicted molar refractivity (Wildman–Crippen MR) is 82.6 cm³/mol. The Morgan fingerprint density at radius 3 is 2.57 bits per heavy atom. The van der Waals surface area contributed by atoms with Gasteiger partial charge in [-0.15, -0.1) is 0 Å². The van der Waals surface area contributed by atoms with Crippen molar-refractivity contribution >= 4 is 11.0 Å². The summed E-state index contributed by atoms with van der Waals surface area (Å²) in [5.74, 6) is 1.36. The van der Waals surface area contributed by atoms with Crippen LogP contribution in [0.2, 0.25) is 0 Å². The largest absolute Gasteiger partial charge is 0.494 e. The highest BCUT2D eigenvalue weighted by Crippen LogP contribution is 2.29. The first-order valence-electron chi connectivity index (χ1n) is 7.08. The van der Waals surface area contributed by atoms with Gasteiger partial charge in [0.2, 0.25) is 0 Å². The van der Waals surface area contributed by atoms with E-state index in [1.54, 1.807) is 0 Å². The van der Waals surface area contributed by atoms with E-state index < -0.39 is 6.10 Å². The molecule has 0 saturated carbocycles. The van der Waals surface area contributed by atoms with Gasteiger partial charge in [-0.25, -0.2) is 0 Å².